The highest BCUT2D eigenvalue weighted by atomic mass is 35.5. The molecule has 0 unspecified atom stereocenters. The number of nitrogens with zero attached hydrogens (tertiary/aromatic N) is 2. The minimum atomic E-state index is -3.86. The molecule has 10 heteroatoms. The second-order valence-corrected chi connectivity index (χ2v) is 8.61. The lowest BCUT2D eigenvalue weighted by Crippen LogP contribution is -2.15. The Hall–Kier alpha value is -2.94. The molecule has 2 aromatic carbocycles. The maximum Gasteiger partial charge on any atom is 0.264 e. The first-order valence-corrected chi connectivity index (χ1v) is 10.8. The summed E-state index contributed by atoms with van der Waals surface area (Å²) in [6.07, 6.45) is 4.25. The van der Waals surface area contributed by atoms with Crippen molar-refractivity contribution in [2.24, 2.45) is 0 Å². The first-order valence-electron chi connectivity index (χ1n) is 8.60. The van der Waals surface area contributed by atoms with Crippen LogP contribution in [-0.4, -0.2) is 24.3 Å². The summed E-state index contributed by atoms with van der Waals surface area (Å²) < 4.78 is 27.2. The largest absolute Gasteiger partial charge is 0.323 e. The van der Waals surface area contributed by atoms with E-state index in [2.05, 4.69) is 20.0 Å². The van der Waals surface area contributed by atoms with Crippen molar-refractivity contribution in [1.29, 1.82) is 0 Å². The van der Waals surface area contributed by atoms with Gasteiger partial charge >= 0.3 is 0 Å². The van der Waals surface area contributed by atoms with Crippen LogP contribution in [0.4, 0.5) is 11.6 Å². The van der Waals surface area contributed by atoms with Gasteiger partial charge in [-0.3, -0.25) is 4.79 Å². The Morgan fingerprint density at radius 3 is 2.33 bits per heavy atom. The van der Waals surface area contributed by atoms with Crippen molar-refractivity contribution in [2.75, 3.05) is 10.0 Å². The average Bonchev–Trinajstić information content (AvgIpc) is 2.68. The van der Waals surface area contributed by atoms with Crippen LogP contribution in [0.5, 0.6) is 0 Å². The number of carbonyl (C=O) groups is 1. The van der Waals surface area contributed by atoms with E-state index < -0.39 is 15.9 Å². The van der Waals surface area contributed by atoms with Crippen LogP contribution in [-0.2, 0) is 14.8 Å². The van der Waals surface area contributed by atoms with Crippen molar-refractivity contribution in [1.82, 2.24) is 9.97 Å². The first-order chi connectivity index (χ1) is 14.2. The lowest BCUT2D eigenvalue weighted by atomic mass is 10.2. The van der Waals surface area contributed by atoms with Crippen molar-refractivity contribution in [2.45, 2.75) is 11.8 Å². The molecule has 0 spiro atoms. The summed E-state index contributed by atoms with van der Waals surface area (Å²) in [7, 11) is -3.86. The number of aryl methyl sites for hydroxylation is 1. The Bertz CT molecular complexity index is 1190. The summed E-state index contributed by atoms with van der Waals surface area (Å²) in [5.41, 5.74) is 1.58. The number of hydrogen-bond acceptors (Lipinski definition) is 5. The van der Waals surface area contributed by atoms with Gasteiger partial charge in [0, 0.05) is 39.3 Å². The number of anilines is 2. The number of halogens is 2. The Morgan fingerprint density at radius 2 is 1.70 bits per heavy atom. The third-order valence-corrected chi connectivity index (χ3v) is 5.86. The van der Waals surface area contributed by atoms with E-state index in [9.17, 15) is 13.2 Å². The highest BCUT2D eigenvalue weighted by molar-refractivity contribution is 7.92. The smallest absolute Gasteiger partial charge is 0.264 e. The SMILES string of the molecule is Cc1ccnc(NS(=O)(=O)c2ccc(NC(=O)C=Cc3c(Cl)cccc3Cl)cc2)n1. The predicted octanol–water partition coefficient (Wildman–Crippen LogP) is 4.54. The molecule has 1 amide bonds. The third-order valence-electron chi connectivity index (χ3n) is 3.85. The number of sulfonamides is 1. The zero-order chi connectivity index (χ0) is 21.7. The second-order valence-electron chi connectivity index (χ2n) is 6.11. The number of hydrogen-bond donors (Lipinski definition) is 2. The molecule has 0 aliphatic carbocycles. The van der Waals surface area contributed by atoms with Crippen molar-refractivity contribution in [3.63, 3.8) is 0 Å². The van der Waals surface area contributed by atoms with Crippen LogP contribution in [0.1, 0.15) is 11.3 Å². The summed E-state index contributed by atoms with van der Waals surface area (Å²) in [4.78, 5) is 20.0. The molecular weight excluding hydrogens is 447 g/mol. The van der Waals surface area contributed by atoms with E-state index in [0.29, 0.717) is 27.0 Å². The highest BCUT2D eigenvalue weighted by Crippen LogP contribution is 2.25. The number of amides is 1. The van der Waals surface area contributed by atoms with E-state index in [-0.39, 0.29) is 10.8 Å². The fraction of sp³-hybridized carbons (Fsp3) is 0.0500. The van der Waals surface area contributed by atoms with Crippen molar-refractivity contribution < 1.29 is 13.2 Å². The van der Waals surface area contributed by atoms with Crippen LogP contribution >= 0.6 is 23.2 Å². The molecule has 0 saturated heterocycles. The Labute approximate surface area is 183 Å². The summed E-state index contributed by atoms with van der Waals surface area (Å²) in [5.74, 6) is -0.441. The van der Waals surface area contributed by atoms with E-state index in [1.54, 1.807) is 31.2 Å². The van der Waals surface area contributed by atoms with Gasteiger partial charge in [-0.25, -0.2) is 23.1 Å². The molecule has 0 fully saturated rings. The second kappa shape index (κ2) is 9.25. The van der Waals surface area contributed by atoms with Crippen LogP contribution in [0.2, 0.25) is 10.0 Å². The molecule has 0 saturated carbocycles. The number of nitrogens with one attached hydrogen (secondary N) is 2. The maximum atomic E-state index is 12.5. The lowest BCUT2D eigenvalue weighted by molar-refractivity contribution is -0.111. The molecule has 0 aliphatic heterocycles. The molecule has 2 N–H and O–H groups in total. The summed E-state index contributed by atoms with van der Waals surface area (Å²) >= 11 is 12.1. The normalized spacial score (nSPS) is 11.4. The van der Waals surface area contributed by atoms with Gasteiger partial charge in [0.15, 0.2) is 0 Å². The van der Waals surface area contributed by atoms with Crippen LogP contribution in [0.25, 0.3) is 6.08 Å². The van der Waals surface area contributed by atoms with Gasteiger partial charge in [-0.2, -0.15) is 0 Å². The third kappa shape index (κ3) is 5.56. The number of carbonyl (C=O) groups excluding carboxylic acids is 1. The monoisotopic (exact) mass is 462 g/mol. The van der Waals surface area contributed by atoms with E-state index in [1.807, 2.05) is 0 Å². The Balaban J connectivity index is 1.68. The molecule has 0 radical (unpaired) electrons. The van der Waals surface area contributed by atoms with Gasteiger partial charge in [0.05, 0.1) is 4.90 Å². The standard InChI is InChI=1S/C20H16Cl2N4O3S/c1-13-11-12-23-20(24-13)26-30(28,29)15-7-5-14(6-8-15)25-19(27)10-9-16-17(21)3-2-4-18(16)22/h2-12H,1H3,(H,25,27)(H,23,24,26). The zero-order valence-electron chi connectivity index (χ0n) is 15.6. The Morgan fingerprint density at radius 1 is 1.03 bits per heavy atom. The van der Waals surface area contributed by atoms with Crippen molar-refractivity contribution >= 4 is 56.8 Å². The first kappa shape index (κ1) is 21.8. The summed E-state index contributed by atoms with van der Waals surface area (Å²) in [6.45, 7) is 1.73. The molecule has 30 heavy (non-hydrogen) atoms. The van der Waals surface area contributed by atoms with E-state index in [4.69, 9.17) is 23.2 Å². The van der Waals surface area contributed by atoms with Gasteiger partial charge in [-0.05, 0) is 55.5 Å². The molecule has 1 aromatic heterocycles. The molecule has 0 aliphatic rings. The summed E-state index contributed by atoms with van der Waals surface area (Å²) in [5, 5.41) is 3.48. The van der Waals surface area contributed by atoms with Gasteiger partial charge in [0.25, 0.3) is 10.0 Å². The number of rotatable bonds is 6. The molecule has 7 nitrogen and oxygen atoms in total. The molecular formula is C20H16Cl2N4O3S. The van der Waals surface area contributed by atoms with Crippen molar-refractivity contribution in [3.05, 3.63) is 82.1 Å². The topological polar surface area (TPSA) is 101 Å². The van der Waals surface area contributed by atoms with Crippen LogP contribution in [0.15, 0.2) is 65.7 Å². The van der Waals surface area contributed by atoms with Crippen LogP contribution < -0.4 is 10.0 Å². The van der Waals surface area contributed by atoms with Gasteiger partial charge in [-0.1, -0.05) is 29.3 Å². The fourth-order valence-corrected chi connectivity index (χ4v) is 3.88. The minimum Gasteiger partial charge on any atom is -0.323 e. The lowest BCUT2D eigenvalue weighted by Gasteiger charge is -2.08. The van der Waals surface area contributed by atoms with Gasteiger partial charge in [0.2, 0.25) is 11.9 Å². The molecule has 1 heterocycles. The van der Waals surface area contributed by atoms with Crippen LogP contribution in [0, 0.1) is 6.92 Å². The van der Waals surface area contributed by atoms with Gasteiger partial charge < -0.3 is 5.32 Å². The van der Waals surface area contributed by atoms with Gasteiger partial charge in [-0.15, -0.1) is 0 Å². The molecule has 0 atom stereocenters. The Kier molecular flexibility index (Phi) is 6.71. The molecule has 0 bridgehead atoms. The van der Waals surface area contributed by atoms with E-state index in [1.165, 1.54) is 42.6 Å². The number of benzene rings is 2. The molecule has 3 rings (SSSR count). The quantitative estimate of drug-likeness (QED) is 0.523. The maximum absolute atomic E-state index is 12.5. The fourth-order valence-electron chi connectivity index (χ4n) is 2.41. The molecule has 3 aromatic rings. The van der Waals surface area contributed by atoms with E-state index in [0.717, 1.165) is 0 Å². The molecule has 154 valence electrons. The summed E-state index contributed by atoms with van der Waals surface area (Å²) in [6, 6.07) is 12.4. The number of aromatic nitrogens is 2. The predicted molar refractivity (Wildman–Crippen MR) is 118 cm³/mol. The zero-order valence-corrected chi connectivity index (χ0v) is 18.0. The van der Waals surface area contributed by atoms with Gasteiger partial charge in [0.1, 0.15) is 0 Å². The van der Waals surface area contributed by atoms with Crippen molar-refractivity contribution in [3.8, 4) is 0 Å². The minimum absolute atomic E-state index is 0.00370. The average molecular weight is 463 g/mol. The highest BCUT2D eigenvalue weighted by Gasteiger charge is 2.15. The van der Waals surface area contributed by atoms with Crippen LogP contribution in [0.3, 0.4) is 0 Å². The van der Waals surface area contributed by atoms with E-state index >= 15 is 0 Å².